The average Bonchev–Trinajstić information content (AvgIpc) is 2.43. The van der Waals surface area contributed by atoms with Crippen molar-refractivity contribution in [2.24, 2.45) is 0 Å². The van der Waals surface area contributed by atoms with Gasteiger partial charge in [0.2, 0.25) is 0 Å². The molecule has 1 aromatic rings. The van der Waals surface area contributed by atoms with Crippen molar-refractivity contribution in [3.63, 3.8) is 0 Å². The van der Waals surface area contributed by atoms with Gasteiger partial charge in [-0.2, -0.15) is 0 Å². The molecule has 0 radical (unpaired) electrons. The molecule has 1 rings (SSSR count). The van der Waals surface area contributed by atoms with Crippen LogP contribution in [0.3, 0.4) is 0 Å². The summed E-state index contributed by atoms with van der Waals surface area (Å²) in [6.07, 6.45) is 2.79. The van der Waals surface area contributed by atoms with Gasteiger partial charge >= 0.3 is 0 Å². The van der Waals surface area contributed by atoms with E-state index in [9.17, 15) is 8.78 Å². The quantitative estimate of drug-likeness (QED) is 0.645. The fourth-order valence-electron chi connectivity index (χ4n) is 1.71. The summed E-state index contributed by atoms with van der Waals surface area (Å²) in [6, 6.07) is 0.856. The Balaban J connectivity index is 2.43. The summed E-state index contributed by atoms with van der Waals surface area (Å²) in [7, 11) is 0. The molecule has 0 spiro atoms. The summed E-state index contributed by atoms with van der Waals surface area (Å²) in [5, 5.41) is 5.74. The Morgan fingerprint density at radius 3 is 2.29 bits per heavy atom. The number of pyridine rings is 1. The van der Waals surface area contributed by atoms with Gasteiger partial charge in [0.15, 0.2) is 23.3 Å². The number of nitrogens with one attached hydrogen (secondary N) is 2. The number of nitrogens with zero attached hydrogens (tertiary/aromatic N) is 1. The first kappa shape index (κ1) is 17.6. The van der Waals surface area contributed by atoms with Crippen molar-refractivity contribution in [3.05, 3.63) is 17.7 Å². The molecule has 21 heavy (non-hydrogen) atoms. The third-order valence-electron chi connectivity index (χ3n) is 2.79. The van der Waals surface area contributed by atoms with Crippen LogP contribution in [0.5, 0.6) is 0 Å². The lowest BCUT2D eigenvalue weighted by molar-refractivity contribution is 0.0765. The second-order valence-corrected chi connectivity index (χ2v) is 5.13. The molecule has 1 heterocycles. The zero-order chi connectivity index (χ0) is 15.7. The molecule has 0 aliphatic carbocycles. The lowest BCUT2D eigenvalue weighted by atomic mass is 10.3. The van der Waals surface area contributed by atoms with E-state index in [0.29, 0.717) is 19.7 Å². The van der Waals surface area contributed by atoms with Crippen molar-refractivity contribution in [2.75, 3.05) is 30.3 Å². The third-order valence-corrected chi connectivity index (χ3v) is 2.79. The lowest BCUT2D eigenvalue weighted by Crippen LogP contribution is -2.11. The number of anilines is 2. The molecule has 6 heteroatoms. The van der Waals surface area contributed by atoms with Gasteiger partial charge in [-0.3, -0.25) is 0 Å². The van der Waals surface area contributed by atoms with Crippen LogP contribution in [0.2, 0.25) is 0 Å². The van der Waals surface area contributed by atoms with Crippen molar-refractivity contribution >= 4 is 11.6 Å². The molecule has 120 valence electrons. The van der Waals surface area contributed by atoms with E-state index >= 15 is 0 Å². The molecular weight excluding hydrogens is 276 g/mol. The van der Waals surface area contributed by atoms with E-state index in [1.807, 2.05) is 20.8 Å². The van der Waals surface area contributed by atoms with E-state index in [2.05, 4.69) is 15.6 Å². The fraction of sp³-hybridized carbons (Fsp3) is 0.667. The highest BCUT2D eigenvalue weighted by atomic mass is 19.1. The molecule has 0 aliphatic rings. The molecule has 0 aliphatic heterocycles. The highest BCUT2D eigenvalue weighted by Gasteiger charge is 2.11. The first-order valence-corrected chi connectivity index (χ1v) is 7.50. The van der Waals surface area contributed by atoms with Crippen LogP contribution in [0.1, 0.15) is 40.0 Å². The second-order valence-electron chi connectivity index (χ2n) is 5.13. The van der Waals surface area contributed by atoms with Crippen LogP contribution in [-0.4, -0.2) is 30.8 Å². The van der Waals surface area contributed by atoms with Crippen molar-refractivity contribution < 1.29 is 13.5 Å². The van der Waals surface area contributed by atoms with E-state index < -0.39 is 11.6 Å². The maximum absolute atomic E-state index is 13.6. The van der Waals surface area contributed by atoms with Crippen molar-refractivity contribution in [3.8, 4) is 0 Å². The normalized spacial score (nSPS) is 11.0. The molecular formula is C15H25F2N3O. The number of aromatic nitrogens is 1. The molecule has 0 fully saturated rings. The van der Waals surface area contributed by atoms with Crippen molar-refractivity contribution in [2.45, 2.75) is 46.1 Å². The molecule has 0 amide bonds. The maximum atomic E-state index is 13.6. The first-order valence-electron chi connectivity index (χ1n) is 7.50. The average molecular weight is 301 g/mol. The number of hydrogen-bond donors (Lipinski definition) is 2. The Kier molecular flexibility index (Phi) is 7.97. The Labute approximate surface area is 125 Å². The van der Waals surface area contributed by atoms with Crippen molar-refractivity contribution in [1.29, 1.82) is 0 Å². The molecule has 1 aromatic heterocycles. The van der Waals surface area contributed by atoms with Crippen LogP contribution in [0.25, 0.3) is 0 Å². The second kappa shape index (κ2) is 9.50. The highest BCUT2D eigenvalue weighted by Crippen LogP contribution is 2.19. The molecule has 0 bridgehead atoms. The van der Waals surface area contributed by atoms with Crippen LogP contribution in [0.15, 0.2) is 6.07 Å². The Bertz CT molecular complexity index is 428. The van der Waals surface area contributed by atoms with Crippen LogP contribution in [0.4, 0.5) is 20.4 Å². The van der Waals surface area contributed by atoms with E-state index in [1.54, 1.807) is 0 Å². The summed E-state index contributed by atoms with van der Waals surface area (Å²) >= 11 is 0. The van der Waals surface area contributed by atoms with Crippen LogP contribution in [0, 0.1) is 11.6 Å². The van der Waals surface area contributed by atoms with Gasteiger partial charge < -0.3 is 15.4 Å². The minimum atomic E-state index is -0.673. The third kappa shape index (κ3) is 6.71. The molecule has 0 unspecified atom stereocenters. The van der Waals surface area contributed by atoms with Gasteiger partial charge in [-0.05, 0) is 33.1 Å². The summed E-state index contributed by atoms with van der Waals surface area (Å²) in [5.74, 6) is -1.17. The van der Waals surface area contributed by atoms with Gasteiger partial charge in [0, 0.05) is 25.8 Å². The van der Waals surface area contributed by atoms with Crippen molar-refractivity contribution in [1.82, 2.24) is 4.98 Å². The van der Waals surface area contributed by atoms with Crippen LogP contribution < -0.4 is 10.6 Å². The maximum Gasteiger partial charge on any atom is 0.168 e. The number of unbranched alkanes of at least 4 members (excludes halogenated alkanes) is 1. The Hall–Kier alpha value is -1.43. The topological polar surface area (TPSA) is 46.2 Å². The van der Waals surface area contributed by atoms with E-state index in [0.717, 1.165) is 25.3 Å². The molecule has 4 nitrogen and oxygen atoms in total. The summed E-state index contributed by atoms with van der Waals surface area (Å²) in [5.41, 5.74) is 0. The minimum absolute atomic E-state index is 0.0831. The number of rotatable bonds is 10. The monoisotopic (exact) mass is 301 g/mol. The SMILES string of the molecule is CCCNc1nc(NCCCCOC(C)C)c(F)cc1F. The Morgan fingerprint density at radius 2 is 1.71 bits per heavy atom. The fourth-order valence-corrected chi connectivity index (χ4v) is 1.71. The van der Waals surface area contributed by atoms with Crippen LogP contribution >= 0.6 is 0 Å². The van der Waals surface area contributed by atoms with Gasteiger partial charge in [-0.15, -0.1) is 0 Å². The molecule has 0 saturated heterocycles. The first-order chi connectivity index (χ1) is 10.0. The summed E-state index contributed by atoms with van der Waals surface area (Å²) in [4.78, 5) is 3.95. The van der Waals surface area contributed by atoms with Crippen LogP contribution in [-0.2, 0) is 4.74 Å². The van der Waals surface area contributed by atoms with Gasteiger partial charge in [0.25, 0.3) is 0 Å². The predicted molar refractivity (Wildman–Crippen MR) is 81.7 cm³/mol. The minimum Gasteiger partial charge on any atom is -0.379 e. The zero-order valence-electron chi connectivity index (χ0n) is 13.0. The predicted octanol–water partition coefficient (Wildman–Crippen LogP) is 3.80. The largest absolute Gasteiger partial charge is 0.379 e. The molecule has 0 aromatic carbocycles. The van der Waals surface area contributed by atoms with E-state index in [4.69, 9.17) is 4.74 Å². The zero-order valence-corrected chi connectivity index (χ0v) is 13.0. The van der Waals surface area contributed by atoms with Gasteiger partial charge in [0.05, 0.1) is 6.10 Å². The standard InChI is InChI=1S/C15H25F2N3O/c1-4-7-18-14-12(16)10-13(17)15(20-14)19-8-5-6-9-21-11(2)3/h10-11H,4-9H2,1-3H3,(H2,18,19,20). The number of ether oxygens (including phenoxy) is 1. The molecule has 0 atom stereocenters. The number of hydrogen-bond acceptors (Lipinski definition) is 4. The van der Waals surface area contributed by atoms with Gasteiger partial charge in [-0.1, -0.05) is 6.92 Å². The molecule has 2 N–H and O–H groups in total. The van der Waals surface area contributed by atoms with Gasteiger partial charge in [0.1, 0.15) is 0 Å². The smallest absolute Gasteiger partial charge is 0.168 e. The van der Waals surface area contributed by atoms with Gasteiger partial charge in [-0.25, -0.2) is 13.8 Å². The Morgan fingerprint density at radius 1 is 1.10 bits per heavy atom. The van der Waals surface area contributed by atoms with E-state index in [-0.39, 0.29) is 17.7 Å². The summed E-state index contributed by atoms with van der Waals surface area (Å²) in [6.45, 7) is 7.79. The number of halogens is 2. The van der Waals surface area contributed by atoms with E-state index in [1.165, 1.54) is 0 Å². The summed E-state index contributed by atoms with van der Waals surface area (Å²) < 4.78 is 32.5. The lowest BCUT2D eigenvalue weighted by Gasteiger charge is -2.11. The highest BCUT2D eigenvalue weighted by molar-refractivity contribution is 5.47. The molecule has 0 saturated carbocycles.